The Morgan fingerprint density at radius 3 is 2.53 bits per heavy atom. The first-order valence-electron chi connectivity index (χ1n) is 7.70. The van der Waals surface area contributed by atoms with Crippen molar-refractivity contribution in [3.05, 3.63) is 0 Å². The van der Waals surface area contributed by atoms with E-state index in [0.29, 0.717) is 19.3 Å². The van der Waals surface area contributed by atoms with Crippen molar-refractivity contribution in [2.75, 3.05) is 26.3 Å². The molecule has 4 heteroatoms. The number of rotatable bonds is 3. The van der Waals surface area contributed by atoms with Gasteiger partial charge in [0.15, 0.2) is 0 Å². The Kier molecular flexibility index (Phi) is 5.22. The molecule has 2 rings (SSSR count). The maximum absolute atomic E-state index is 12.3. The van der Waals surface area contributed by atoms with E-state index in [-0.39, 0.29) is 11.9 Å². The van der Waals surface area contributed by atoms with Crippen molar-refractivity contribution in [2.24, 2.45) is 11.8 Å². The van der Waals surface area contributed by atoms with Gasteiger partial charge in [0.05, 0.1) is 19.3 Å². The molecule has 0 aromatic carbocycles. The maximum Gasteiger partial charge on any atom is 0.239 e. The summed E-state index contributed by atoms with van der Waals surface area (Å²) in [4.78, 5) is 14.3. The normalized spacial score (nSPS) is 34.1. The fourth-order valence-electron chi connectivity index (χ4n) is 3.18. The molecular formula is C15H28N2O2. The molecular weight excluding hydrogens is 240 g/mol. The van der Waals surface area contributed by atoms with E-state index in [2.05, 4.69) is 19.2 Å². The van der Waals surface area contributed by atoms with Crippen molar-refractivity contribution >= 4 is 5.91 Å². The topological polar surface area (TPSA) is 41.6 Å². The smallest absolute Gasteiger partial charge is 0.239 e. The summed E-state index contributed by atoms with van der Waals surface area (Å²) in [5, 5.41) is 3.53. The summed E-state index contributed by atoms with van der Waals surface area (Å²) in [6.45, 7) is 9.50. The average Bonchev–Trinajstić information content (AvgIpc) is 2.43. The lowest BCUT2D eigenvalue weighted by Crippen LogP contribution is -2.52. The zero-order chi connectivity index (χ0) is 13.8. The molecule has 2 fully saturated rings. The van der Waals surface area contributed by atoms with Crippen LogP contribution in [0.1, 0.15) is 40.0 Å². The molecule has 0 aromatic rings. The number of ether oxygens (including phenoxy) is 1. The number of carbonyl (C=O) groups excluding carboxylic acids is 1. The molecule has 4 unspecified atom stereocenters. The summed E-state index contributed by atoms with van der Waals surface area (Å²) in [5.74, 6) is 1.81. The minimum absolute atomic E-state index is 0.0660. The first-order valence-corrected chi connectivity index (χ1v) is 7.70. The van der Waals surface area contributed by atoms with E-state index in [9.17, 15) is 4.79 Å². The molecule has 0 aromatic heterocycles. The predicted octanol–water partition coefficient (Wildman–Crippen LogP) is 1.65. The van der Waals surface area contributed by atoms with Crippen LogP contribution >= 0.6 is 0 Å². The fourth-order valence-corrected chi connectivity index (χ4v) is 3.18. The third-order valence-corrected chi connectivity index (χ3v) is 4.78. The van der Waals surface area contributed by atoms with E-state index in [4.69, 9.17) is 4.74 Å². The standard InChI is InChI=1S/C15H28N2O2/c1-11-4-5-14(10-12(11)2)16-13(3)15(18)17-6-8-19-9-7-17/h11-14,16H,4-10H2,1-3H3. The van der Waals surface area contributed by atoms with Crippen molar-refractivity contribution in [2.45, 2.75) is 52.1 Å². The Labute approximate surface area is 116 Å². The first kappa shape index (κ1) is 14.8. The first-order chi connectivity index (χ1) is 9.08. The van der Waals surface area contributed by atoms with E-state index in [0.717, 1.165) is 24.9 Å². The molecule has 1 heterocycles. The lowest BCUT2D eigenvalue weighted by molar-refractivity contribution is -0.137. The molecule has 0 radical (unpaired) electrons. The van der Waals surface area contributed by atoms with Crippen molar-refractivity contribution < 1.29 is 9.53 Å². The highest BCUT2D eigenvalue weighted by molar-refractivity contribution is 5.81. The summed E-state index contributed by atoms with van der Waals surface area (Å²) < 4.78 is 5.29. The zero-order valence-corrected chi connectivity index (χ0v) is 12.5. The van der Waals surface area contributed by atoms with E-state index < -0.39 is 0 Å². The van der Waals surface area contributed by atoms with Gasteiger partial charge in [0.25, 0.3) is 0 Å². The quantitative estimate of drug-likeness (QED) is 0.846. The van der Waals surface area contributed by atoms with Crippen LogP contribution in [0.15, 0.2) is 0 Å². The van der Waals surface area contributed by atoms with Gasteiger partial charge in [-0.25, -0.2) is 0 Å². The summed E-state index contributed by atoms with van der Waals surface area (Å²) in [7, 11) is 0. The second kappa shape index (κ2) is 6.71. The Hall–Kier alpha value is -0.610. The second-order valence-corrected chi connectivity index (χ2v) is 6.29. The van der Waals surface area contributed by atoms with Crippen LogP contribution in [0.5, 0.6) is 0 Å². The monoisotopic (exact) mass is 268 g/mol. The van der Waals surface area contributed by atoms with E-state index in [1.54, 1.807) is 0 Å². The van der Waals surface area contributed by atoms with E-state index >= 15 is 0 Å². The molecule has 1 aliphatic carbocycles. The predicted molar refractivity (Wildman–Crippen MR) is 76.0 cm³/mol. The second-order valence-electron chi connectivity index (χ2n) is 6.29. The molecule has 110 valence electrons. The molecule has 1 aliphatic heterocycles. The Morgan fingerprint density at radius 2 is 1.89 bits per heavy atom. The van der Waals surface area contributed by atoms with Gasteiger partial charge in [-0.2, -0.15) is 0 Å². The van der Waals surface area contributed by atoms with Gasteiger partial charge in [0, 0.05) is 19.1 Å². The van der Waals surface area contributed by atoms with Gasteiger partial charge >= 0.3 is 0 Å². The highest BCUT2D eigenvalue weighted by atomic mass is 16.5. The zero-order valence-electron chi connectivity index (χ0n) is 12.5. The average molecular weight is 268 g/mol. The summed E-state index contributed by atoms with van der Waals surface area (Å²) >= 11 is 0. The number of amides is 1. The SMILES string of the molecule is CC(NC1CCC(C)C(C)C1)C(=O)N1CCOCC1. The molecule has 1 amide bonds. The fraction of sp³-hybridized carbons (Fsp3) is 0.933. The lowest BCUT2D eigenvalue weighted by Gasteiger charge is -2.35. The summed E-state index contributed by atoms with van der Waals surface area (Å²) in [6.07, 6.45) is 3.67. The summed E-state index contributed by atoms with van der Waals surface area (Å²) in [6, 6.07) is 0.440. The maximum atomic E-state index is 12.3. The van der Waals surface area contributed by atoms with Crippen LogP contribution < -0.4 is 5.32 Å². The van der Waals surface area contributed by atoms with Crippen LogP contribution in [0, 0.1) is 11.8 Å². The number of morpholine rings is 1. The van der Waals surface area contributed by atoms with Gasteiger partial charge in [-0.05, 0) is 38.0 Å². The molecule has 1 saturated heterocycles. The van der Waals surface area contributed by atoms with Crippen molar-refractivity contribution in [1.29, 1.82) is 0 Å². The molecule has 4 atom stereocenters. The molecule has 0 bridgehead atoms. The molecule has 2 aliphatic rings. The molecule has 4 nitrogen and oxygen atoms in total. The lowest BCUT2D eigenvalue weighted by atomic mass is 9.79. The van der Waals surface area contributed by atoms with Crippen LogP contribution in [-0.4, -0.2) is 49.2 Å². The Morgan fingerprint density at radius 1 is 1.21 bits per heavy atom. The number of carbonyl (C=O) groups is 1. The molecule has 1 saturated carbocycles. The van der Waals surface area contributed by atoms with Crippen molar-refractivity contribution in [3.8, 4) is 0 Å². The number of nitrogens with zero attached hydrogens (tertiary/aromatic N) is 1. The largest absolute Gasteiger partial charge is 0.378 e. The van der Waals surface area contributed by atoms with Crippen LogP contribution in [0.2, 0.25) is 0 Å². The Bertz CT molecular complexity index is 303. The van der Waals surface area contributed by atoms with Crippen LogP contribution in [0.4, 0.5) is 0 Å². The van der Waals surface area contributed by atoms with E-state index in [1.165, 1.54) is 19.3 Å². The highest BCUT2D eigenvalue weighted by Crippen LogP contribution is 2.29. The van der Waals surface area contributed by atoms with Gasteiger partial charge in [-0.3, -0.25) is 4.79 Å². The molecule has 0 spiro atoms. The van der Waals surface area contributed by atoms with Gasteiger partial charge < -0.3 is 15.0 Å². The highest BCUT2D eigenvalue weighted by Gasteiger charge is 2.28. The van der Waals surface area contributed by atoms with Gasteiger partial charge in [0.2, 0.25) is 5.91 Å². The number of hydrogen-bond acceptors (Lipinski definition) is 3. The number of hydrogen-bond donors (Lipinski definition) is 1. The van der Waals surface area contributed by atoms with Crippen LogP contribution in [0.25, 0.3) is 0 Å². The molecule has 19 heavy (non-hydrogen) atoms. The van der Waals surface area contributed by atoms with Crippen molar-refractivity contribution in [3.63, 3.8) is 0 Å². The van der Waals surface area contributed by atoms with Gasteiger partial charge in [0.1, 0.15) is 0 Å². The third kappa shape index (κ3) is 3.93. The van der Waals surface area contributed by atoms with Gasteiger partial charge in [-0.1, -0.05) is 13.8 Å². The van der Waals surface area contributed by atoms with Crippen LogP contribution in [0.3, 0.4) is 0 Å². The van der Waals surface area contributed by atoms with Crippen molar-refractivity contribution in [1.82, 2.24) is 10.2 Å². The van der Waals surface area contributed by atoms with E-state index in [1.807, 2.05) is 11.8 Å². The molecule has 1 N–H and O–H groups in total. The Balaban J connectivity index is 1.79. The van der Waals surface area contributed by atoms with Gasteiger partial charge in [-0.15, -0.1) is 0 Å². The minimum Gasteiger partial charge on any atom is -0.378 e. The number of nitrogens with one attached hydrogen (secondary N) is 1. The minimum atomic E-state index is -0.0660. The summed E-state index contributed by atoms with van der Waals surface area (Å²) in [5.41, 5.74) is 0. The third-order valence-electron chi connectivity index (χ3n) is 4.78. The van der Waals surface area contributed by atoms with Crippen LogP contribution in [-0.2, 0) is 9.53 Å².